The molecule has 0 aromatic carbocycles. The van der Waals surface area contributed by atoms with Crippen LogP contribution in [0.5, 0.6) is 0 Å². The first-order valence-corrected chi connectivity index (χ1v) is 5.59. The van der Waals surface area contributed by atoms with Crippen molar-refractivity contribution in [1.82, 2.24) is 9.78 Å². The van der Waals surface area contributed by atoms with Crippen LogP contribution in [0.3, 0.4) is 0 Å². The summed E-state index contributed by atoms with van der Waals surface area (Å²) in [6, 6.07) is 1.66. The van der Waals surface area contributed by atoms with Gasteiger partial charge in [-0.25, -0.2) is 4.68 Å². The number of nitrogens with zero attached hydrogens (tertiary/aromatic N) is 2. The van der Waals surface area contributed by atoms with Gasteiger partial charge in [0.25, 0.3) is 5.18 Å². The smallest absolute Gasteiger partial charge is 0.271 e. The summed E-state index contributed by atoms with van der Waals surface area (Å²) in [6.45, 7) is 0. The Morgan fingerprint density at radius 1 is 1.42 bits per heavy atom. The van der Waals surface area contributed by atoms with Crippen molar-refractivity contribution in [3.63, 3.8) is 0 Å². The van der Waals surface area contributed by atoms with Crippen molar-refractivity contribution in [1.29, 1.82) is 0 Å². The summed E-state index contributed by atoms with van der Waals surface area (Å²) in [6.07, 6.45) is 3.07. The molecule has 1 aromatic rings. The lowest BCUT2D eigenvalue weighted by molar-refractivity contribution is 0.0542. The summed E-state index contributed by atoms with van der Waals surface area (Å²) < 4.78 is 0.181. The van der Waals surface area contributed by atoms with Crippen LogP contribution in [-0.4, -0.2) is 17.0 Å². The Balaban J connectivity index is 3.02. The topological polar surface area (TPSA) is 38.0 Å². The number of alkyl halides is 4. The normalized spacial score (nSPS) is 17.4. The van der Waals surface area contributed by atoms with Gasteiger partial charge in [0.15, 0.2) is 2.14 Å². The lowest BCUT2D eigenvalue weighted by atomic mass is 10.6. The third-order valence-corrected chi connectivity index (χ3v) is 3.97. The van der Waals surface area contributed by atoms with Crippen molar-refractivity contribution in [3.05, 3.63) is 18.5 Å². The van der Waals surface area contributed by atoms with E-state index in [4.69, 9.17) is 11.6 Å². The quantitative estimate of drug-likeness (QED) is 0.758. The highest BCUT2D eigenvalue weighted by Gasteiger charge is 2.46. The highest BCUT2D eigenvalue weighted by atomic mass is 80.0. The van der Waals surface area contributed by atoms with Crippen LogP contribution < -0.4 is 0 Å². The van der Waals surface area contributed by atoms with Crippen molar-refractivity contribution in [2.45, 2.75) is 7.33 Å². The molecule has 0 saturated heterocycles. The third kappa shape index (κ3) is 2.04. The predicted octanol–water partition coefficient (Wildman–Crippen LogP) is 2.56. The molecule has 1 aromatic heterocycles. The van der Waals surface area contributed by atoms with Crippen LogP contribution in [0.15, 0.2) is 18.5 Å². The second-order valence-corrected chi connectivity index (χ2v) is 9.32. The summed E-state index contributed by atoms with van der Waals surface area (Å²) in [5.74, 6) is 0. The number of halogens is 4. The van der Waals surface area contributed by atoms with E-state index in [0.717, 1.165) is 0 Å². The molecule has 12 heavy (non-hydrogen) atoms. The van der Waals surface area contributed by atoms with Gasteiger partial charge in [0.1, 0.15) is 0 Å². The summed E-state index contributed by atoms with van der Waals surface area (Å²) >= 11 is 15.1. The average molecular weight is 383 g/mol. The maximum atomic E-state index is 9.74. The molecule has 0 aliphatic rings. The molecule has 0 bridgehead atoms. The molecule has 0 aliphatic heterocycles. The second-order valence-electron chi connectivity index (χ2n) is 2.04. The van der Waals surface area contributed by atoms with E-state index >= 15 is 0 Å². The molecule has 0 fully saturated rings. The van der Waals surface area contributed by atoms with Crippen LogP contribution in [0.1, 0.15) is 0 Å². The number of rotatable bonds is 1. The van der Waals surface area contributed by atoms with E-state index in [1.54, 1.807) is 12.3 Å². The minimum atomic E-state index is -1.71. The maximum Gasteiger partial charge on any atom is 0.271 e. The molecule has 7 heteroatoms. The van der Waals surface area contributed by atoms with Crippen LogP contribution in [0, 0.1) is 0 Å². The van der Waals surface area contributed by atoms with Gasteiger partial charge in [-0.2, -0.15) is 5.10 Å². The van der Waals surface area contributed by atoms with E-state index in [2.05, 4.69) is 52.9 Å². The lowest BCUT2D eigenvalue weighted by Gasteiger charge is -2.29. The fourth-order valence-electron chi connectivity index (χ4n) is 0.574. The molecule has 0 amide bonds. The molecule has 1 atom stereocenters. The van der Waals surface area contributed by atoms with E-state index in [1.165, 1.54) is 10.9 Å². The van der Waals surface area contributed by atoms with Crippen LogP contribution >= 0.6 is 59.4 Å². The Morgan fingerprint density at radius 2 is 2.00 bits per heavy atom. The third-order valence-electron chi connectivity index (χ3n) is 1.17. The van der Waals surface area contributed by atoms with Crippen molar-refractivity contribution in [2.24, 2.45) is 0 Å². The second kappa shape index (κ2) is 3.57. The first-order valence-electron chi connectivity index (χ1n) is 2.84. The van der Waals surface area contributed by atoms with Crippen molar-refractivity contribution in [3.8, 4) is 0 Å². The van der Waals surface area contributed by atoms with E-state index in [0.29, 0.717) is 0 Å². The number of aliphatic hydroxyl groups is 1. The molecule has 0 spiro atoms. The Hall–Kier alpha value is 0.900. The van der Waals surface area contributed by atoms with E-state index in [9.17, 15) is 5.11 Å². The lowest BCUT2D eigenvalue weighted by Crippen LogP contribution is -2.39. The van der Waals surface area contributed by atoms with Crippen molar-refractivity contribution >= 4 is 59.4 Å². The van der Waals surface area contributed by atoms with Crippen LogP contribution in [-0.2, 0) is 5.18 Å². The molecular formula is C5H4Br3ClN2O. The Morgan fingerprint density at radius 3 is 2.33 bits per heavy atom. The predicted molar refractivity (Wildman–Crippen MR) is 57.8 cm³/mol. The van der Waals surface area contributed by atoms with Crippen LogP contribution in [0.4, 0.5) is 0 Å². The zero-order valence-corrected chi connectivity index (χ0v) is 11.1. The zero-order chi connectivity index (χ0) is 9.41. The van der Waals surface area contributed by atoms with E-state index < -0.39 is 7.33 Å². The number of aromatic nitrogens is 2. The van der Waals surface area contributed by atoms with E-state index in [1.807, 2.05) is 0 Å². The van der Waals surface area contributed by atoms with Crippen LogP contribution in [0.25, 0.3) is 0 Å². The Labute approximate surface area is 99.5 Å². The van der Waals surface area contributed by atoms with Gasteiger partial charge in [-0.15, -0.1) is 0 Å². The average Bonchev–Trinajstić information content (AvgIpc) is 2.34. The van der Waals surface area contributed by atoms with Gasteiger partial charge in [-0.3, -0.25) is 0 Å². The Kier molecular flexibility index (Phi) is 3.27. The van der Waals surface area contributed by atoms with Crippen molar-refractivity contribution < 1.29 is 5.11 Å². The first-order chi connectivity index (χ1) is 5.36. The highest BCUT2D eigenvalue weighted by molar-refractivity contribution is 9.39. The fraction of sp³-hybridized carbons (Fsp3) is 0.400. The van der Waals surface area contributed by atoms with Gasteiger partial charge in [0.05, 0.1) is 0 Å². The standard InChI is InChI=1S/C5H4Br3ClN2O/c6-4(7,8)5(9,12)11-3-1-2-10-11/h1-3,12H. The monoisotopic (exact) mass is 380 g/mol. The molecule has 68 valence electrons. The Bertz CT molecular complexity index is 256. The van der Waals surface area contributed by atoms with E-state index in [-0.39, 0.29) is 0 Å². The number of hydrogen-bond acceptors (Lipinski definition) is 2. The molecule has 1 unspecified atom stereocenters. The van der Waals surface area contributed by atoms with Gasteiger partial charge in [-0.1, -0.05) is 59.4 Å². The SMILES string of the molecule is OC(Cl)(n1cccn1)C(Br)(Br)Br. The fourth-order valence-corrected chi connectivity index (χ4v) is 1.22. The van der Waals surface area contributed by atoms with Gasteiger partial charge < -0.3 is 5.11 Å². The molecule has 0 saturated carbocycles. The minimum absolute atomic E-state index is 1.02. The van der Waals surface area contributed by atoms with Crippen molar-refractivity contribution in [2.75, 3.05) is 0 Å². The van der Waals surface area contributed by atoms with Gasteiger partial charge in [0, 0.05) is 12.4 Å². The molecule has 0 aliphatic carbocycles. The zero-order valence-electron chi connectivity index (χ0n) is 5.59. The maximum absolute atomic E-state index is 9.74. The molecule has 1 rings (SSSR count). The minimum Gasteiger partial charge on any atom is -0.355 e. The largest absolute Gasteiger partial charge is 0.355 e. The molecular weight excluding hydrogens is 379 g/mol. The van der Waals surface area contributed by atoms with Crippen LogP contribution in [0.2, 0.25) is 0 Å². The highest BCUT2D eigenvalue weighted by Crippen LogP contribution is 2.48. The summed E-state index contributed by atoms with van der Waals surface area (Å²) in [4.78, 5) is 0. The summed E-state index contributed by atoms with van der Waals surface area (Å²) in [5.41, 5.74) is 0. The molecule has 1 heterocycles. The van der Waals surface area contributed by atoms with Gasteiger partial charge >= 0.3 is 0 Å². The summed E-state index contributed by atoms with van der Waals surface area (Å²) in [7, 11) is 0. The van der Waals surface area contributed by atoms with Gasteiger partial charge in [0.2, 0.25) is 0 Å². The molecule has 0 radical (unpaired) electrons. The molecule has 1 N–H and O–H groups in total. The molecule has 3 nitrogen and oxygen atoms in total. The first kappa shape index (κ1) is 11.0. The summed E-state index contributed by atoms with van der Waals surface area (Å²) in [5, 5.41) is 11.8. The van der Waals surface area contributed by atoms with Gasteiger partial charge in [-0.05, 0) is 6.07 Å². The number of hydrogen-bond donors (Lipinski definition) is 1.